The molecule has 0 spiro atoms. The average molecular weight is 523 g/mol. The maximum Gasteiger partial charge on any atom is 0.227 e. The molecule has 0 bridgehead atoms. The minimum atomic E-state index is -0.503. The molecule has 1 N–H and O–H groups in total. The maximum atomic E-state index is 13.9. The Labute approximate surface area is 231 Å². The molecular formula is C34H38N2O3. The van der Waals surface area contributed by atoms with Gasteiger partial charge in [0.2, 0.25) is 5.91 Å². The van der Waals surface area contributed by atoms with Gasteiger partial charge in [0, 0.05) is 24.1 Å². The van der Waals surface area contributed by atoms with Crippen molar-refractivity contribution >= 4 is 23.1 Å². The first-order valence-electron chi connectivity index (χ1n) is 14.1. The molecule has 39 heavy (non-hydrogen) atoms. The Morgan fingerprint density at radius 1 is 0.949 bits per heavy atom. The number of para-hydroxylation sites is 2. The van der Waals surface area contributed by atoms with Crippen molar-refractivity contribution in [1.29, 1.82) is 0 Å². The Bertz CT molecular complexity index is 1360. The van der Waals surface area contributed by atoms with Gasteiger partial charge in [0.1, 0.15) is 12.4 Å². The largest absolute Gasteiger partial charge is 0.489 e. The first-order chi connectivity index (χ1) is 18.9. The van der Waals surface area contributed by atoms with Gasteiger partial charge in [-0.05, 0) is 53.6 Å². The zero-order chi connectivity index (χ0) is 27.4. The van der Waals surface area contributed by atoms with E-state index in [9.17, 15) is 9.59 Å². The SMILES string of the molecule is CCCCCC(=O)N1c2ccccc2NC2=C(C(=O)CC(C)(C)C2)[C@@H]1c1ccc(OCc2ccccc2)cc1. The third-order valence-corrected chi connectivity index (χ3v) is 7.61. The molecule has 202 valence electrons. The predicted octanol–water partition coefficient (Wildman–Crippen LogP) is 7.99. The Balaban J connectivity index is 1.56. The van der Waals surface area contributed by atoms with Crippen LogP contribution in [-0.4, -0.2) is 11.7 Å². The van der Waals surface area contributed by atoms with E-state index in [-0.39, 0.29) is 17.1 Å². The molecule has 3 aromatic rings. The number of ketones is 1. The van der Waals surface area contributed by atoms with Crippen LogP contribution >= 0.6 is 0 Å². The number of carbonyl (C=O) groups is 2. The highest BCUT2D eigenvalue weighted by atomic mass is 16.5. The monoisotopic (exact) mass is 522 g/mol. The van der Waals surface area contributed by atoms with Crippen LogP contribution in [0, 0.1) is 5.41 Å². The number of nitrogens with zero attached hydrogens (tertiary/aromatic N) is 1. The summed E-state index contributed by atoms with van der Waals surface area (Å²) in [4.78, 5) is 29.6. The van der Waals surface area contributed by atoms with Crippen molar-refractivity contribution in [2.45, 2.75) is 71.9 Å². The van der Waals surface area contributed by atoms with Crippen molar-refractivity contribution in [1.82, 2.24) is 0 Å². The fraction of sp³-hybridized carbons (Fsp3) is 0.353. The molecule has 0 saturated heterocycles. The zero-order valence-corrected chi connectivity index (χ0v) is 23.2. The molecule has 5 rings (SSSR count). The summed E-state index contributed by atoms with van der Waals surface area (Å²) < 4.78 is 6.04. The molecule has 0 unspecified atom stereocenters. The van der Waals surface area contributed by atoms with Crippen LogP contribution in [0.1, 0.15) is 76.5 Å². The Morgan fingerprint density at radius 2 is 1.67 bits per heavy atom. The second-order valence-electron chi connectivity index (χ2n) is 11.4. The molecule has 5 heteroatoms. The van der Waals surface area contributed by atoms with Gasteiger partial charge < -0.3 is 10.1 Å². The smallest absolute Gasteiger partial charge is 0.227 e. The predicted molar refractivity (Wildman–Crippen MR) is 157 cm³/mol. The lowest BCUT2D eigenvalue weighted by Crippen LogP contribution is -2.39. The number of Topliss-reactive ketones (excluding diaryl/α,β-unsaturated/α-hetero) is 1. The van der Waals surface area contributed by atoms with E-state index in [2.05, 4.69) is 26.1 Å². The first kappa shape index (κ1) is 26.7. The summed E-state index contributed by atoms with van der Waals surface area (Å²) in [5.74, 6) is 0.890. The minimum Gasteiger partial charge on any atom is -0.489 e. The van der Waals surface area contributed by atoms with Gasteiger partial charge in [-0.25, -0.2) is 0 Å². The summed E-state index contributed by atoms with van der Waals surface area (Å²) in [6, 6.07) is 25.4. The number of hydrogen-bond donors (Lipinski definition) is 1. The highest BCUT2D eigenvalue weighted by molar-refractivity contribution is 6.06. The van der Waals surface area contributed by atoms with Crippen molar-refractivity contribution in [2.24, 2.45) is 5.41 Å². The fourth-order valence-electron chi connectivity index (χ4n) is 5.71. The van der Waals surface area contributed by atoms with E-state index in [0.717, 1.165) is 59.6 Å². The van der Waals surface area contributed by atoms with E-state index in [1.807, 2.05) is 83.8 Å². The average Bonchev–Trinajstić information content (AvgIpc) is 3.06. The standard InChI is InChI=1S/C34H38N2O3/c1-4-5-7-16-31(38)36-29-15-11-10-14-27(29)35-28-21-34(2,3)22-30(37)32(28)33(36)25-17-19-26(20-18-25)39-23-24-12-8-6-9-13-24/h6,8-15,17-20,33,35H,4-5,7,16,21-23H2,1-3H3/t33-/m0/s1. The summed E-state index contributed by atoms with van der Waals surface area (Å²) in [5, 5.41) is 3.59. The van der Waals surface area contributed by atoms with Gasteiger partial charge in [0.25, 0.3) is 0 Å². The van der Waals surface area contributed by atoms with Gasteiger partial charge >= 0.3 is 0 Å². The summed E-state index contributed by atoms with van der Waals surface area (Å²) >= 11 is 0. The molecule has 5 nitrogen and oxygen atoms in total. The summed E-state index contributed by atoms with van der Waals surface area (Å²) in [6.45, 7) is 6.88. The lowest BCUT2D eigenvalue weighted by molar-refractivity contribution is -0.119. The number of anilines is 2. The number of nitrogens with one attached hydrogen (secondary N) is 1. The van der Waals surface area contributed by atoms with Crippen LogP contribution in [0.4, 0.5) is 11.4 Å². The fourth-order valence-corrected chi connectivity index (χ4v) is 5.71. The summed E-state index contributed by atoms with van der Waals surface area (Å²) in [7, 11) is 0. The summed E-state index contributed by atoms with van der Waals surface area (Å²) in [5.41, 5.74) is 5.15. The van der Waals surface area contributed by atoms with Gasteiger partial charge in [-0.15, -0.1) is 0 Å². The van der Waals surface area contributed by atoms with Crippen molar-refractivity contribution in [3.8, 4) is 5.75 Å². The summed E-state index contributed by atoms with van der Waals surface area (Å²) in [6.07, 6.45) is 4.51. The first-order valence-corrected chi connectivity index (χ1v) is 14.1. The van der Waals surface area contributed by atoms with Gasteiger partial charge in [-0.2, -0.15) is 0 Å². The van der Waals surface area contributed by atoms with Crippen molar-refractivity contribution in [3.63, 3.8) is 0 Å². The third kappa shape index (κ3) is 5.93. The highest BCUT2D eigenvalue weighted by Gasteiger charge is 2.43. The van der Waals surface area contributed by atoms with Crippen LogP contribution in [0.3, 0.4) is 0 Å². The molecule has 1 aliphatic heterocycles. The van der Waals surface area contributed by atoms with Gasteiger partial charge in [0.05, 0.1) is 17.4 Å². The number of allylic oxidation sites excluding steroid dienone is 1. The van der Waals surface area contributed by atoms with Crippen LogP contribution in [0.25, 0.3) is 0 Å². The van der Waals surface area contributed by atoms with Crippen LogP contribution in [0.15, 0.2) is 90.1 Å². The van der Waals surface area contributed by atoms with E-state index in [1.54, 1.807) is 0 Å². The molecule has 0 radical (unpaired) electrons. The number of amides is 1. The molecule has 1 amide bonds. The zero-order valence-electron chi connectivity index (χ0n) is 23.2. The van der Waals surface area contributed by atoms with Crippen LogP contribution in [0.2, 0.25) is 0 Å². The number of hydrogen-bond acceptors (Lipinski definition) is 4. The Kier molecular flexibility index (Phi) is 7.87. The van der Waals surface area contributed by atoms with Crippen molar-refractivity contribution in [2.75, 3.05) is 10.2 Å². The number of fused-ring (bicyclic) bond motifs is 1. The lowest BCUT2D eigenvalue weighted by atomic mass is 9.73. The van der Waals surface area contributed by atoms with E-state index in [4.69, 9.17) is 4.74 Å². The Morgan fingerprint density at radius 3 is 2.41 bits per heavy atom. The number of carbonyl (C=O) groups excluding carboxylic acids is 2. The highest BCUT2D eigenvalue weighted by Crippen LogP contribution is 2.48. The van der Waals surface area contributed by atoms with Crippen molar-refractivity contribution < 1.29 is 14.3 Å². The quantitative estimate of drug-likeness (QED) is 0.305. The molecule has 1 aliphatic carbocycles. The molecule has 0 saturated carbocycles. The van der Waals surface area contributed by atoms with Crippen LogP contribution in [-0.2, 0) is 16.2 Å². The molecule has 0 fully saturated rings. The second-order valence-corrected chi connectivity index (χ2v) is 11.4. The van der Waals surface area contributed by atoms with Gasteiger partial charge in [-0.1, -0.05) is 88.2 Å². The van der Waals surface area contributed by atoms with Crippen LogP contribution in [0.5, 0.6) is 5.75 Å². The number of ether oxygens (including phenoxy) is 1. The molecule has 3 aromatic carbocycles. The van der Waals surface area contributed by atoms with Gasteiger partial charge in [0.15, 0.2) is 5.78 Å². The molecule has 1 heterocycles. The molecular weight excluding hydrogens is 484 g/mol. The lowest BCUT2D eigenvalue weighted by Gasteiger charge is -2.37. The molecule has 2 aliphatic rings. The molecule has 1 atom stereocenters. The topological polar surface area (TPSA) is 58.6 Å². The normalized spacial score (nSPS) is 18.1. The Hall–Kier alpha value is -3.86. The van der Waals surface area contributed by atoms with E-state index < -0.39 is 6.04 Å². The third-order valence-electron chi connectivity index (χ3n) is 7.61. The maximum absolute atomic E-state index is 13.9. The molecule has 0 aromatic heterocycles. The number of unbranched alkanes of at least 4 members (excludes halogenated alkanes) is 2. The van der Waals surface area contributed by atoms with E-state index >= 15 is 0 Å². The minimum absolute atomic E-state index is 0.0403. The van der Waals surface area contributed by atoms with E-state index in [1.165, 1.54) is 0 Å². The van der Waals surface area contributed by atoms with Crippen LogP contribution < -0.4 is 15.0 Å². The number of rotatable bonds is 8. The number of benzene rings is 3. The van der Waals surface area contributed by atoms with E-state index in [0.29, 0.717) is 25.0 Å². The van der Waals surface area contributed by atoms with Crippen molar-refractivity contribution in [3.05, 3.63) is 101 Å². The van der Waals surface area contributed by atoms with Gasteiger partial charge in [-0.3, -0.25) is 14.5 Å². The second kappa shape index (κ2) is 11.5.